The molecule has 0 atom stereocenters. The molecule has 7 nitrogen and oxygen atoms in total. The van der Waals surface area contributed by atoms with Crippen molar-refractivity contribution in [3.05, 3.63) is 24.3 Å². The van der Waals surface area contributed by atoms with Crippen molar-refractivity contribution in [3.63, 3.8) is 0 Å². The van der Waals surface area contributed by atoms with Crippen LogP contribution in [0.2, 0.25) is 0 Å². The van der Waals surface area contributed by atoms with E-state index in [9.17, 15) is 0 Å². The first-order valence-electron chi connectivity index (χ1n) is 4.44. The minimum absolute atomic E-state index is 0.0202. The molecule has 0 aliphatic carbocycles. The predicted octanol–water partition coefficient (Wildman–Crippen LogP) is 0.224. The summed E-state index contributed by atoms with van der Waals surface area (Å²) in [5, 5.41) is 3.72. The van der Waals surface area contributed by atoms with Crippen LogP contribution in [0.1, 0.15) is 0 Å². The summed E-state index contributed by atoms with van der Waals surface area (Å²) >= 11 is 0. The quantitative estimate of drug-likeness (QED) is 0.375. The van der Waals surface area contributed by atoms with Crippen molar-refractivity contribution in [3.8, 4) is 11.4 Å². The summed E-state index contributed by atoms with van der Waals surface area (Å²) in [5.41, 5.74) is 17.3. The van der Waals surface area contributed by atoms with Crippen LogP contribution in [-0.4, -0.2) is 16.1 Å². The van der Waals surface area contributed by atoms with Crippen molar-refractivity contribution < 1.29 is 4.52 Å². The van der Waals surface area contributed by atoms with Crippen LogP contribution in [0.3, 0.4) is 0 Å². The summed E-state index contributed by atoms with van der Waals surface area (Å²) < 4.78 is 4.82. The Morgan fingerprint density at radius 3 is 2.50 bits per heavy atom. The molecule has 2 rings (SSSR count). The van der Waals surface area contributed by atoms with Crippen molar-refractivity contribution in [2.45, 2.75) is 0 Å². The molecule has 6 N–H and O–H groups in total. The Morgan fingerprint density at radius 1 is 1.19 bits per heavy atom. The maximum Gasteiger partial charge on any atom is 0.351 e. The third kappa shape index (κ3) is 2.08. The van der Waals surface area contributed by atoms with E-state index in [2.05, 4.69) is 15.1 Å². The van der Waals surface area contributed by atoms with Gasteiger partial charge in [-0.2, -0.15) is 9.98 Å². The molecule has 2 aromatic rings. The van der Waals surface area contributed by atoms with Gasteiger partial charge < -0.3 is 21.7 Å². The molecule has 1 aromatic heterocycles. The van der Waals surface area contributed by atoms with E-state index < -0.39 is 0 Å². The Morgan fingerprint density at radius 2 is 1.88 bits per heavy atom. The molecule has 0 radical (unpaired) electrons. The van der Waals surface area contributed by atoms with Crippen LogP contribution in [0.25, 0.3) is 11.4 Å². The summed E-state index contributed by atoms with van der Waals surface area (Å²) in [7, 11) is 0. The third-order valence-electron chi connectivity index (χ3n) is 1.81. The van der Waals surface area contributed by atoms with Gasteiger partial charge >= 0.3 is 6.01 Å². The van der Waals surface area contributed by atoms with Gasteiger partial charge in [-0.1, -0.05) is 5.16 Å². The first kappa shape index (κ1) is 9.97. The fourth-order valence-electron chi connectivity index (χ4n) is 1.12. The lowest BCUT2D eigenvalue weighted by atomic mass is 10.2. The van der Waals surface area contributed by atoms with Gasteiger partial charge in [-0.15, -0.1) is 0 Å². The third-order valence-corrected chi connectivity index (χ3v) is 1.81. The normalized spacial score (nSPS) is 10.0. The lowest BCUT2D eigenvalue weighted by molar-refractivity contribution is 0.430. The van der Waals surface area contributed by atoms with E-state index in [4.69, 9.17) is 21.7 Å². The van der Waals surface area contributed by atoms with Gasteiger partial charge in [0.1, 0.15) is 0 Å². The van der Waals surface area contributed by atoms with Crippen LogP contribution in [-0.2, 0) is 0 Å². The molecule has 7 heteroatoms. The van der Waals surface area contributed by atoms with E-state index in [-0.39, 0.29) is 12.0 Å². The van der Waals surface area contributed by atoms with Crippen LogP contribution in [0, 0.1) is 0 Å². The maximum absolute atomic E-state index is 5.56. The molecule has 0 unspecified atom stereocenters. The van der Waals surface area contributed by atoms with E-state index in [1.54, 1.807) is 24.3 Å². The van der Waals surface area contributed by atoms with E-state index in [0.717, 1.165) is 5.56 Å². The molecular weight excluding hydrogens is 208 g/mol. The molecule has 0 aliphatic rings. The number of hydrogen-bond donors (Lipinski definition) is 3. The number of hydrogen-bond acceptors (Lipinski definition) is 5. The minimum atomic E-state index is -0.132. The lowest BCUT2D eigenvalue weighted by Crippen LogP contribution is -2.21. The monoisotopic (exact) mass is 218 g/mol. The van der Waals surface area contributed by atoms with Gasteiger partial charge in [0.25, 0.3) is 0 Å². The Labute approximate surface area is 91.0 Å². The highest BCUT2D eigenvalue weighted by atomic mass is 16.5. The highest BCUT2D eigenvalue weighted by Gasteiger charge is 2.07. The van der Waals surface area contributed by atoms with Gasteiger partial charge in [0.2, 0.25) is 5.82 Å². The molecule has 0 fully saturated rings. The van der Waals surface area contributed by atoms with Crippen molar-refractivity contribution >= 4 is 17.7 Å². The van der Waals surface area contributed by atoms with Gasteiger partial charge in [0.15, 0.2) is 5.96 Å². The Bertz CT molecular complexity index is 511. The van der Waals surface area contributed by atoms with Crippen molar-refractivity contribution in [2.75, 3.05) is 5.73 Å². The fraction of sp³-hybridized carbons (Fsp3) is 0. The number of nitrogen functional groups attached to an aromatic ring is 1. The van der Waals surface area contributed by atoms with Crippen LogP contribution < -0.4 is 17.2 Å². The summed E-state index contributed by atoms with van der Waals surface area (Å²) in [4.78, 5) is 7.61. The number of aromatic nitrogens is 2. The maximum atomic E-state index is 5.56. The van der Waals surface area contributed by atoms with Crippen LogP contribution >= 0.6 is 0 Å². The van der Waals surface area contributed by atoms with Gasteiger partial charge in [-0.05, 0) is 24.3 Å². The number of rotatable bonds is 2. The average molecular weight is 218 g/mol. The molecule has 0 saturated carbocycles. The summed E-state index contributed by atoms with van der Waals surface area (Å²) in [5.74, 6) is 0.271. The predicted molar refractivity (Wildman–Crippen MR) is 59.6 cm³/mol. The lowest BCUT2D eigenvalue weighted by Gasteiger charge is -1.94. The topological polar surface area (TPSA) is 129 Å². The molecule has 0 aliphatic heterocycles. The summed E-state index contributed by atoms with van der Waals surface area (Å²) in [6.45, 7) is 0. The number of nitrogens with zero attached hydrogens (tertiary/aromatic N) is 3. The number of nitrogens with two attached hydrogens (primary N) is 3. The van der Waals surface area contributed by atoms with Gasteiger partial charge in [0.05, 0.1) is 0 Å². The highest BCUT2D eigenvalue weighted by Crippen LogP contribution is 2.19. The smallest absolute Gasteiger partial charge is 0.351 e. The second-order valence-electron chi connectivity index (χ2n) is 3.06. The average Bonchev–Trinajstić information content (AvgIpc) is 2.66. The van der Waals surface area contributed by atoms with Gasteiger partial charge in [-0.25, -0.2) is 0 Å². The number of guanidine groups is 1. The van der Waals surface area contributed by atoms with Crippen LogP contribution in [0.15, 0.2) is 33.8 Å². The molecule has 0 amide bonds. The van der Waals surface area contributed by atoms with Gasteiger partial charge in [0, 0.05) is 11.3 Å². The highest BCUT2D eigenvalue weighted by molar-refractivity contribution is 5.77. The van der Waals surface area contributed by atoms with Crippen LogP contribution in [0.5, 0.6) is 0 Å². The van der Waals surface area contributed by atoms with Crippen molar-refractivity contribution in [1.29, 1.82) is 0 Å². The van der Waals surface area contributed by atoms with E-state index >= 15 is 0 Å². The van der Waals surface area contributed by atoms with E-state index in [0.29, 0.717) is 11.5 Å². The first-order chi connectivity index (χ1) is 7.65. The van der Waals surface area contributed by atoms with E-state index in [1.807, 2.05) is 0 Å². The Hall–Kier alpha value is -2.57. The first-order valence-corrected chi connectivity index (χ1v) is 4.44. The zero-order chi connectivity index (χ0) is 11.5. The second kappa shape index (κ2) is 3.89. The summed E-state index contributed by atoms with van der Waals surface area (Å²) in [6, 6.07) is 7.06. The molecule has 0 bridgehead atoms. The Kier molecular flexibility index (Phi) is 2.42. The zero-order valence-corrected chi connectivity index (χ0v) is 8.29. The number of anilines is 1. The minimum Gasteiger partial charge on any atom is -0.399 e. The van der Waals surface area contributed by atoms with Crippen molar-refractivity contribution in [1.82, 2.24) is 10.1 Å². The largest absolute Gasteiger partial charge is 0.399 e. The molecule has 0 saturated heterocycles. The number of aliphatic imine (C=N–C) groups is 1. The zero-order valence-electron chi connectivity index (χ0n) is 8.29. The molecular formula is C9H10N6O. The number of benzene rings is 1. The Balaban J connectivity index is 2.31. The molecule has 82 valence electrons. The molecule has 16 heavy (non-hydrogen) atoms. The standard InChI is InChI=1S/C9H10N6O/c10-6-3-1-5(2-4-6)7-13-9(16-15-7)14-8(11)12/h1-4H,10H2,(H4,11,12,13,14,15). The SMILES string of the molecule is NC(N)=Nc1nc(-c2ccc(N)cc2)no1. The summed E-state index contributed by atoms with van der Waals surface area (Å²) in [6.07, 6.45) is 0. The van der Waals surface area contributed by atoms with E-state index in [1.165, 1.54) is 0 Å². The van der Waals surface area contributed by atoms with Crippen molar-refractivity contribution in [2.24, 2.45) is 16.5 Å². The molecule has 1 aromatic carbocycles. The van der Waals surface area contributed by atoms with Gasteiger partial charge in [-0.3, -0.25) is 0 Å². The molecule has 0 spiro atoms. The molecule has 1 heterocycles. The van der Waals surface area contributed by atoms with Crippen LogP contribution in [0.4, 0.5) is 11.7 Å². The second-order valence-corrected chi connectivity index (χ2v) is 3.06. The fourth-order valence-corrected chi connectivity index (χ4v) is 1.12.